The number of fused-ring (bicyclic) bond motifs is 1. The molecule has 0 aromatic heterocycles. The molecule has 0 amide bonds. The van der Waals surface area contributed by atoms with E-state index in [4.69, 9.17) is 10.5 Å². The van der Waals surface area contributed by atoms with Gasteiger partial charge in [-0.3, -0.25) is 0 Å². The summed E-state index contributed by atoms with van der Waals surface area (Å²) in [5.74, 6) is 1.49. The number of rotatable bonds is 3. The van der Waals surface area contributed by atoms with Gasteiger partial charge in [0.2, 0.25) is 0 Å². The topological polar surface area (TPSA) is 35.2 Å². The van der Waals surface area contributed by atoms with Crippen LogP contribution in [0.3, 0.4) is 0 Å². The Balaban J connectivity index is 2.02. The molecule has 2 aromatic rings. The van der Waals surface area contributed by atoms with Crippen LogP contribution in [0.5, 0.6) is 5.75 Å². The third kappa shape index (κ3) is 2.44. The zero-order chi connectivity index (χ0) is 14.9. The Bertz CT molecular complexity index is 620. The zero-order valence-corrected chi connectivity index (χ0v) is 12.8. The SMILES string of the molecule is CCOc1ccc(C2(N)CCC(C)c3ccccc32)cc1. The molecule has 0 spiro atoms. The molecule has 1 aliphatic rings. The molecule has 2 heteroatoms. The zero-order valence-electron chi connectivity index (χ0n) is 12.8. The van der Waals surface area contributed by atoms with Gasteiger partial charge in [0, 0.05) is 0 Å². The number of nitrogens with two attached hydrogens (primary N) is 1. The van der Waals surface area contributed by atoms with Gasteiger partial charge in [-0.2, -0.15) is 0 Å². The average Bonchev–Trinajstić information content (AvgIpc) is 2.52. The Kier molecular flexibility index (Phi) is 3.73. The second-order valence-corrected chi connectivity index (χ2v) is 5.96. The highest BCUT2D eigenvalue weighted by molar-refractivity contribution is 5.46. The van der Waals surface area contributed by atoms with Crippen LogP contribution in [-0.2, 0) is 5.54 Å². The lowest BCUT2D eigenvalue weighted by Gasteiger charge is -2.39. The van der Waals surface area contributed by atoms with Gasteiger partial charge in [0.15, 0.2) is 0 Å². The molecule has 2 aromatic carbocycles. The van der Waals surface area contributed by atoms with E-state index >= 15 is 0 Å². The van der Waals surface area contributed by atoms with Crippen molar-refractivity contribution in [1.82, 2.24) is 0 Å². The number of ether oxygens (including phenoxy) is 1. The van der Waals surface area contributed by atoms with Crippen molar-refractivity contribution in [2.24, 2.45) is 5.73 Å². The van der Waals surface area contributed by atoms with E-state index in [0.717, 1.165) is 18.6 Å². The lowest BCUT2D eigenvalue weighted by molar-refractivity contribution is 0.339. The Morgan fingerprint density at radius 3 is 2.57 bits per heavy atom. The van der Waals surface area contributed by atoms with Gasteiger partial charge < -0.3 is 10.5 Å². The monoisotopic (exact) mass is 281 g/mol. The number of hydrogen-bond acceptors (Lipinski definition) is 2. The summed E-state index contributed by atoms with van der Waals surface area (Å²) in [7, 11) is 0. The molecule has 3 rings (SSSR count). The second kappa shape index (κ2) is 5.53. The van der Waals surface area contributed by atoms with Crippen molar-refractivity contribution in [3.8, 4) is 5.75 Å². The van der Waals surface area contributed by atoms with Crippen LogP contribution in [-0.4, -0.2) is 6.61 Å². The average molecular weight is 281 g/mol. The van der Waals surface area contributed by atoms with Crippen molar-refractivity contribution in [2.75, 3.05) is 6.61 Å². The van der Waals surface area contributed by atoms with Crippen molar-refractivity contribution >= 4 is 0 Å². The Morgan fingerprint density at radius 2 is 1.86 bits per heavy atom. The normalized spacial score (nSPS) is 24.4. The summed E-state index contributed by atoms with van der Waals surface area (Å²) >= 11 is 0. The van der Waals surface area contributed by atoms with E-state index in [9.17, 15) is 0 Å². The molecule has 2 nitrogen and oxygen atoms in total. The van der Waals surface area contributed by atoms with Crippen LogP contribution in [0, 0.1) is 0 Å². The molecule has 0 saturated heterocycles. The Labute approximate surface area is 126 Å². The summed E-state index contributed by atoms with van der Waals surface area (Å²) in [6.45, 7) is 4.97. The molecule has 0 heterocycles. The van der Waals surface area contributed by atoms with Gasteiger partial charge >= 0.3 is 0 Å². The highest BCUT2D eigenvalue weighted by Gasteiger charge is 2.36. The van der Waals surface area contributed by atoms with Crippen molar-refractivity contribution in [3.05, 3.63) is 65.2 Å². The fourth-order valence-electron chi connectivity index (χ4n) is 3.38. The number of hydrogen-bond donors (Lipinski definition) is 1. The minimum absolute atomic E-state index is 0.381. The molecular weight excluding hydrogens is 258 g/mol. The summed E-state index contributed by atoms with van der Waals surface area (Å²) < 4.78 is 5.53. The van der Waals surface area contributed by atoms with Crippen LogP contribution < -0.4 is 10.5 Å². The lowest BCUT2D eigenvalue weighted by Crippen LogP contribution is -2.41. The first kappa shape index (κ1) is 14.2. The first-order chi connectivity index (χ1) is 10.1. The third-order valence-electron chi connectivity index (χ3n) is 4.62. The molecule has 0 fully saturated rings. The van der Waals surface area contributed by atoms with Crippen LogP contribution in [0.4, 0.5) is 0 Å². The van der Waals surface area contributed by atoms with Gasteiger partial charge in [0.1, 0.15) is 5.75 Å². The van der Waals surface area contributed by atoms with Crippen molar-refractivity contribution in [1.29, 1.82) is 0 Å². The molecule has 1 aliphatic carbocycles. The minimum atomic E-state index is -0.381. The van der Waals surface area contributed by atoms with Crippen LogP contribution in [0.1, 0.15) is 49.3 Å². The lowest BCUT2D eigenvalue weighted by atomic mass is 9.70. The van der Waals surface area contributed by atoms with E-state index in [-0.39, 0.29) is 5.54 Å². The fraction of sp³-hybridized carbons (Fsp3) is 0.368. The predicted octanol–water partition coefficient (Wildman–Crippen LogP) is 4.18. The van der Waals surface area contributed by atoms with Crippen LogP contribution in [0.2, 0.25) is 0 Å². The summed E-state index contributed by atoms with van der Waals surface area (Å²) in [5.41, 5.74) is 10.3. The van der Waals surface area contributed by atoms with E-state index < -0.39 is 0 Å². The number of benzene rings is 2. The van der Waals surface area contributed by atoms with Crippen LogP contribution in [0.25, 0.3) is 0 Å². The third-order valence-corrected chi connectivity index (χ3v) is 4.62. The van der Waals surface area contributed by atoms with Gasteiger partial charge in [-0.15, -0.1) is 0 Å². The molecular formula is C19H23NO. The van der Waals surface area contributed by atoms with Crippen molar-refractivity contribution in [2.45, 2.75) is 38.1 Å². The summed E-state index contributed by atoms with van der Waals surface area (Å²) in [5, 5.41) is 0. The van der Waals surface area contributed by atoms with Gasteiger partial charge in [-0.25, -0.2) is 0 Å². The molecule has 0 saturated carbocycles. The molecule has 0 bridgehead atoms. The highest BCUT2D eigenvalue weighted by atomic mass is 16.5. The molecule has 2 atom stereocenters. The van der Waals surface area contributed by atoms with Crippen molar-refractivity contribution < 1.29 is 4.74 Å². The summed E-state index contributed by atoms with van der Waals surface area (Å²) in [6, 6.07) is 16.9. The van der Waals surface area contributed by atoms with E-state index in [1.807, 2.05) is 19.1 Å². The van der Waals surface area contributed by atoms with Gasteiger partial charge in [0.25, 0.3) is 0 Å². The van der Waals surface area contributed by atoms with Gasteiger partial charge in [-0.05, 0) is 54.5 Å². The molecule has 2 N–H and O–H groups in total. The maximum atomic E-state index is 6.84. The van der Waals surface area contributed by atoms with E-state index in [0.29, 0.717) is 12.5 Å². The van der Waals surface area contributed by atoms with E-state index in [1.54, 1.807) is 0 Å². The molecule has 0 radical (unpaired) electrons. The molecule has 0 aliphatic heterocycles. The standard InChI is InChI=1S/C19H23NO/c1-3-21-16-10-8-15(9-11-16)19(20)13-12-14(2)17-6-4-5-7-18(17)19/h4-11,14H,3,12-13,20H2,1-2H3. The first-order valence-electron chi connectivity index (χ1n) is 7.77. The smallest absolute Gasteiger partial charge is 0.119 e. The minimum Gasteiger partial charge on any atom is -0.494 e. The highest BCUT2D eigenvalue weighted by Crippen LogP contribution is 2.43. The fourth-order valence-corrected chi connectivity index (χ4v) is 3.38. The van der Waals surface area contributed by atoms with E-state index in [2.05, 4.69) is 43.3 Å². The predicted molar refractivity (Wildman–Crippen MR) is 86.7 cm³/mol. The second-order valence-electron chi connectivity index (χ2n) is 5.96. The van der Waals surface area contributed by atoms with Crippen LogP contribution in [0.15, 0.2) is 48.5 Å². The molecule has 21 heavy (non-hydrogen) atoms. The summed E-state index contributed by atoms with van der Waals surface area (Å²) in [4.78, 5) is 0. The summed E-state index contributed by atoms with van der Waals surface area (Å²) in [6.07, 6.45) is 2.11. The van der Waals surface area contributed by atoms with Crippen molar-refractivity contribution in [3.63, 3.8) is 0 Å². The quantitative estimate of drug-likeness (QED) is 0.915. The van der Waals surface area contributed by atoms with Gasteiger partial charge in [0.05, 0.1) is 12.1 Å². The van der Waals surface area contributed by atoms with Gasteiger partial charge in [-0.1, -0.05) is 43.3 Å². The maximum Gasteiger partial charge on any atom is 0.119 e. The van der Waals surface area contributed by atoms with E-state index in [1.165, 1.54) is 16.7 Å². The molecule has 2 unspecified atom stereocenters. The maximum absolute atomic E-state index is 6.84. The Morgan fingerprint density at radius 1 is 1.14 bits per heavy atom. The van der Waals surface area contributed by atoms with Crippen LogP contribution >= 0.6 is 0 Å². The largest absolute Gasteiger partial charge is 0.494 e. The Hall–Kier alpha value is -1.80. The first-order valence-corrected chi connectivity index (χ1v) is 7.77. The molecule has 110 valence electrons.